The number of aryl methyl sites for hydroxylation is 5. The first kappa shape index (κ1) is 59.9. The Bertz CT molecular complexity index is 4060. The number of benzene rings is 7. The van der Waals surface area contributed by atoms with E-state index >= 15 is 0 Å². The number of hydrogen-bond donors (Lipinski definition) is 4. The molecular weight excluding hydrogens is 1100 g/mol. The van der Waals surface area contributed by atoms with Crippen LogP contribution in [0, 0.1) is 34.6 Å². The van der Waals surface area contributed by atoms with Gasteiger partial charge in [-0.1, -0.05) is 22.8 Å². The molecule has 0 bridgehead atoms. The fourth-order valence-corrected chi connectivity index (χ4v) is 8.07. The highest BCUT2D eigenvalue weighted by Gasteiger charge is 2.19. The van der Waals surface area contributed by atoms with Crippen molar-refractivity contribution in [3.63, 3.8) is 0 Å². The number of hydrogen-bond acceptors (Lipinski definition) is 22. The lowest BCUT2D eigenvalue weighted by atomic mass is 10.1. The van der Waals surface area contributed by atoms with Gasteiger partial charge in [0.25, 0.3) is 20.2 Å². The SMILES string of the molecule is Cc1cc(N=Nc2cc(C)c(N=Nc3ccccc3S(=O)(=O)O)cc2OCCCS(=O)(=O)O)c(C)cc1N=Nc1cc(C)c(N=Nc2ccc3cc([N+](=C=O)c4ccc(N)cc4)ccc3c2O)cc1C.O=S(=O)=O.O=S(=O)=O. The third kappa shape index (κ3) is 17.3. The van der Waals surface area contributed by atoms with E-state index in [4.69, 9.17) is 35.7 Å². The number of ether oxygens (including phenoxy) is 1. The summed E-state index contributed by atoms with van der Waals surface area (Å²) in [6, 6.07) is 31.3. The van der Waals surface area contributed by atoms with Crippen molar-refractivity contribution in [2.45, 2.75) is 45.9 Å². The van der Waals surface area contributed by atoms with E-state index in [0.717, 1.165) is 22.3 Å². The molecule has 0 atom stereocenters. The van der Waals surface area contributed by atoms with Gasteiger partial charge in [0, 0.05) is 41.4 Å². The Labute approximate surface area is 448 Å². The fraction of sp³-hybridized carbons (Fsp3) is 0.163. The highest BCUT2D eigenvalue weighted by molar-refractivity contribution is 7.86. The highest BCUT2D eigenvalue weighted by atomic mass is 32.2. The van der Waals surface area contributed by atoms with E-state index in [2.05, 4.69) is 40.9 Å². The summed E-state index contributed by atoms with van der Waals surface area (Å²) in [5, 5.41) is 47.4. The van der Waals surface area contributed by atoms with Crippen LogP contribution < -0.4 is 15.0 Å². The number of anilines is 1. The van der Waals surface area contributed by atoms with Gasteiger partial charge in [-0.05, 0) is 141 Å². The molecule has 0 aromatic heterocycles. The Morgan fingerprint density at radius 1 is 0.538 bits per heavy atom. The van der Waals surface area contributed by atoms with E-state index in [1.807, 2.05) is 52.0 Å². The van der Waals surface area contributed by atoms with Crippen molar-refractivity contribution in [2.75, 3.05) is 18.1 Å². The molecule has 0 aliphatic rings. The van der Waals surface area contributed by atoms with E-state index < -0.39 is 52.1 Å². The van der Waals surface area contributed by atoms with Crippen molar-refractivity contribution in [3.05, 3.63) is 143 Å². The van der Waals surface area contributed by atoms with Gasteiger partial charge in [-0.15, -0.1) is 40.6 Å². The van der Waals surface area contributed by atoms with Crippen LogP contribution in [0.15, 0.2) is 161 Å². The van der Waals surface area contributed by atoms with Gasteiger partial charge in [-0.2, -0.15) is 47.2 Å². The number of phenolic OH excluding ortho intramolecular Hbond substituents is 1. The maximum Gasteiger partial charge on any atom is 0.437 e. The van der Waals surface area contributed by atoms with E-state index in [9.17, 15) is 35.8 Å². The number of rotatable bonds is 16. The zero-order valence-electron chi connectivity index (χ0n) is 41.6. The second-order valence-electron chi connectivity index (χ2n) is 16.5. The lowest BCUT2D eigenvalue weighted by molar-refractivity contribution is 0.317. The first-order valence-corrected chi connectivity index (χ1v) is 27.3. The summed E-state index contributed by atoms with van der Waals surface area (Å²) in [6.45, 7) is 9.01. The van der Waals surface area contributed by atoms with Crippen LogP contribution in [-0.2, 0) is 46.2 Å². The molecule has 29 heteroatoms. The third-order valence-corrected chi connectivity index (χ3v) is 12.5. The van der Waals surface area contributed by atoms with Crippen molar-refractivity contribution in [1.82, 2.24) is 4.58 Å². The standard InChI is InChI=1S/C49H44N10O9S2.2O3S/c1-29-22-42(30(2)21-41(29)53-52-40-18-11-34-26-37(16-17-38(34)49(40)61)59(28-60)36-14-12-35(50)13-15-36)54-55-43-23-32(4)44(24-31(43)3)56-58-46-25-33(5)45(27-47(46)68-19-8-20-69(62,63)64)57-51-39-9-6-7-10-48(39)70(65,66)67;2*1-4(2)3/h6-7,9-18,21-27H,8,19-20,50H2,1-5H3,(H2-,51,53,55,58,61,62,63,64,65,66,67);;/p+1. The third-order valence-electron chi connectivity index (χ3n) is 10.8. The van der Waals surface area contributed by atoms with Crippen LogP contribution in [0.25, 0.3) is 10.8 Å². The number of carbonyl (C=O) groups excluding carboxylic acids is 1. The molecule has 0 amide bonds. The van der Waals surface area contributed by atoms with Crippen LogP contribution in [0.2, 0.25) is 0 Å². The van der Waals surface area contributed by atoms with Crippen molar-refractivity contribution in [2.24, 2.45) is 40.9 Å². The number of phenols is 1. The van der Waals surface area contributed by atoms with Crippen molar-refractivity contribution >= 4 is 121 Å². The molecule has 0 aliphatic carbocycles. The largest absolute Gasteiger partial charge is 0.505 e. The number of isocyanates is 1. The molecule has 78 heavy (non-hydrogen) atoms. The van der Waals surface area contributed by atoms with Gasteiger partial charge in [0.2, 0.25) is 11.4 Å². The molecule has 0 saturated carbocycles. The van der Waals surface area contributed by atoms with Crippen molar-refractivity contribution in [1.29, 1.82) is 0 Å². The quantitative estimate of drug-likeness (QED) is 0.0133. The number of azo groups is 4. The van der Waals surface area contributed by atoms with Crippen LogP contribution in [0.5, 0.6) is 11.5 Å². The highest BCUT2D eigenvalue weighted by Crippen LogP contribution is 2.41. The molecule has 0 fully saturated rings. The van der Waals surface area contributed by atoms with Gasteiger partial charge < -0.3 is 15.6 Å². The Balaban J connectivity index is 0.00000131. The summed E-state index contributed by atoms with van der Waals surface area (Å²) in [7, 11) is -15.0. The first-order valence-electron chi connectivity index (χ1n) is 22.3. The number of nitrogens with two attached hydrogens (primary N) is 1. The maximum atomic E-state index is 11.9. The van der Waals surface area contributed by atoms with Crippen molar-refractivity contribution < 1.29 is 65.8 Å². The smallest absolute Gasteiger partial charge is 0.437 e. The summed E-state index contributed by atoms with van der Waals surface area (Å²) in [4.78, 5) is 11.5. The first-order chi connectivity index (χ1) is 36.7. The molecule has 0 aliphatic heterocycles. The van der Waals surface area contributed by atoms with Gasteiger partial charge in [0.05, 0.1) is 40.8 Å². The van der Waals surface area contributed by atoms with E-state index in [1.54, 1.807) is 73.7 Å². The van der Waals surface area contributed by atoms with Crippen LogP contribution in [0.4, 0.5) is 62.6 Å². The minimum absolute atomic E-state index is 0.0398. The van der Waals surface area contributed by atoms with Crippen LogP contribution in [0.3, 0.4) is 0 Å². The summed E-state index contributed by atoms with van der Waals surface area (Å²) in [5.74, 6) is -0.451. The maximum absolute atomic E-state index is 11.9. The molecule has 0 saturated heterocycles. The molecular formula is C49H45N10O15S4+. The number of fused-ring (bicyclic) bond motifs is 1. The monoisotopic (exact) mass is 1140 g/mol. The Morgan fingerprint density at radius 3 is 1.44 bits per heavy atom. The summed E-state index contributed by atoms with van der Waals surface area (Å²) < 4.78 is 123. The van der Waals surface area contributed by atoms with Crippen LogP contribution in [0.1, 0.15) is 34.2 Å². The lowest BCUT2D eigenvalue weighted by Gasteiger charge is -2.11. The molecule has 0 radical (unpaired) electrons. The molecule has 25 nitrogen and oxygen atoms in total. The summed E-state index contributed by atoms with van der Waals surface area (Å²) in [6.07, 6.45) is 1.90. The van der Waals surface area contributed by atoms with Gasteiger partial charge >= 0.3 is 27.3 Å². The zero-order chi connectivity index (χ0) is 57.5. The second-order valence-corrected chi connectivity index (χ2v) is 20.2. The Kier molecular flexibility index (Phi) is 20.5. The average Bonchev–Trinajstić information content (AvgIpc) is 3.38. The summed E-state index contributed by atoms with van der Waals surface area (Å²) >= 11 is 0. The molecule has 5 N–H and O–H groups in total. The van der Waals surface area contributed by atoms with E-state index in [-0.39, 0.29) is 47.3 Å². The molecule has 0 unspecified atom stereocenters. The van der Waals surface area contributed by atoms with Gasteiger partial charge in [0.1, 0.15) is 27.7 Å². The predicted molar refractivity (Wildman–Crippen MR) is 286 cm³/mol. The van der Waals surface area contributed by atoms with Crippen LogP contribution >= 0.6 is 0 Å². The second kappa shape index (κ2) is 26.7. The normalized spacial score (nSPS) is 11.6. The molecule has 0 spiro atoms. The minimum atomic E-state index is -4.58. The molecule has 7 rings (SSSR count). The van der Waals surface area contributed by atoms with Gasteiger partial charge in [-0.25, -0.2) is 0 Å². The molecule has 404 valence electrons. The van der Waals surface area contributed by atoms with Crippen molar-refractivity contribution in [3.8, 4) is 11.5 Å². The number of nitrogen functional groups attached to an aromatic ring is 1. The Morgan fingerprint density at radius 2 is 0.962 bits per heavy atom. The molecule has 0 heterocycles. The minimum Gasteiger partial charge on any atom is -0.505 e. The molecule has 7 aromatic rings. The van der Waals surface area contributed by atoms with Gasteiger partial charge in [0.15, 0.2) is 5.75 Å². The number of aromatic hydroxyl groups is 1. The number of nitrogens with zero attached hydrogens (tertiary/aromatic N) is 9. The van der Waals surface area contributed by atoms with Gasteiger partial charge in [-0.3, -0.25) is 9.11 Å². The Hall–Kier alpha value is -8.96. The fourth-order valence-electron chi connectivity index (χ4n) is 6.97. The lowest BCUT2D eigenvalue weighted by Crippen LogP contribution is -2.08. The topological polar surface area (TPSA) is 386 Å². The zero-order valence-corrected chi connectivity index (χ0v) is 44.8. The molecule has 7 aromatic carbocycles. The van der Waals surface area contributed by atoms with Crippen LogP contribution in [-0.4, -0.2) is 74.7 Å². The summed E-state index contributed by atoms with van der Waals surface area (Å²) in [5.41, 5.74) is 14.0. The predicted octanol–water partition coefficient (Wildman–Crippen LogP) is 11.4. The van der Waals surface area contributed by atoms with E-state index in [1.165, 1.54) is 34.9 Å². The van der Waals surface area contributed by atoms with E-state index in [0.29, 0.717) is 56.1 Å². The average molecular weight is 1140 g/mol.